The van der Waals surface area contributed by atoms with Crippen LogP contribution in [0.4, 0.5) is 0 Å². The van der Waals surface area contributed by atoms with Crippen LogP contribution in [0.5, 0.6) is 0 Å². The molecule has 0 bridgehead atoms. The quantitative estimate of drug-likeness (QED) is 0.364. The van der Waals surface area contributed by atoms with Crippen LogP contribution < -0.4 is 0 Å². The van der Waals surface area contributed by atoms with Crippen LogP contribution in [0, 0.1) is 0 Å². The summed E-state index contributed by atoms with van der Waals surface area (Å²) in [4.78, 5) is 0. The van der Waals surface area contributed by atoms with Crippen molar-refractivity contribution in [3.63, 3.8) is 0 Å². The van der Waals surface area contributed by atoms with Crippen molar-refractivity contribution in [3.05, 3.63) is 22.4 Å². The van der Waals surface area contributed by atoms with E-state index in [-0.39, 0.29) is 6.61 Å². The lowest BCUT2D eigenvalue weighted by atomic mass is 10.4. The average Bonchev–Trinajstić information content (AvgIpc) is 3.14. The Morgan fingerprint density at radius 1 is 0.640 bits per heavy atom. The maximum absolute atomic E-state index is 8.51. The molecule has 1 aromatic heterocycles. The third-order valence-corrected chi connectivity index (χ3v) is 3.68. The first-order valence-electron chi connectivity index (χ1n) is 8.52. The van der Waals surface area contributed by atoms with Crippen LogP contribution in [0.1, 0.15) is 5.56 Å². The Labute approximate surface area is 153 Å². The van der Waals surface area contributed by atoms with Crippen molar-refractivity contribution in [1.29, 1.82) is 0 Å². The number of aliphatic hydroxyl groups is 1. The molecule has 0 atom stereocenters. The summed E-state index contributed by atoms with van der Waals surface area (Å²) in [6.07, 6.45) is 0. The van der Waals surface area contributed by atoms with E-state index in [0.29, 0.717) is 79.3 Å². The van der Waals surface area contributed by atoms with Gasteiger partial charge in [-0.1, -0.05) is 0 Å². The van der Waals surface area contributed by atoms with Crippen molar-refractivity contribution in [3.8, 4) is 0 Å². The van der Waals surface area contributed by atoms with Crippen molar-refractivity contribution in [1.82, 2.24) is 0 Å². The Hall–Kier alpha value is -0.580. The lowest BCUT2D eigenvalue weighted by molar-refractivity contribution is -0.0190. The highest BCUT2D eigenvalue weighted by Crippen LogP contribution is 2.06. The first-order chi connectivity index (χ1) is 12.4. The van der Waals surface area contributed by atoms with Crippen molar-refractivity contribution in [2.45, 2.75) is 6.61 Å². The summed E-state index contributed by atoms with van der Waals surface area (Å²) in [7, 11) is 0. The fraction of sp³-hybridized carbons (Fsp3) is 0.765. The van der Waals surface area contributed by atoms with Gasteiger partial charge in [0.1, 0.15) is 0 Å². The van der Waals surface area contributed by atoms with Gasteiger partial charge in [0.05, 0.1) is 85.9 Å². The highest BCUT2D eigenvalue weighted by molar-refractivity contribution is 7.07. The van der Waals surface area contributed by atoms with Gasteiger partial charge >= 0.3 is 0 Å². The normalized spacial score (nSPS) is 11.2. The Morgan fingerprint density at radius 3 is 1.48 bits per heavy atom. The third kappa shape index (κ3) is 15.4. The van der Waals surface area contributed by atoms with Gasteiger partial charge in [-0.25, -0.2) is 0 Å². The molecule has 1 aromatic rings. The van der Waals surface area contributed by atoms with E-state index in [0.717, 1.165) is 0 Å². The molecule has 0 spiro atoms. The predicted octanol–water partition coefficient (Wildman–Crippen LogP) is 1.34. The Balaban J connectivity index is 1.65. The topological polar surface area (TPSA) is 75.6 Å². The molecular formula is C17H30O7S. The molecule has 1 rings (SSSR count). The smallest absolute Gasteiger partial charge is 0.0726 e. The van der Waals surface area contributed by atoms with Crippen molar-refractivity contribution in [2.75, 3.05) is 79.3 Å². The molecule has 0 aromatic carbocycles. The van der Waals surface area contributed by atoms with Gasteiger partial charge in [-0.05, 0) is 22.4 Å². The fourth-order valence-electron chi connectivity index (χ4n) is 1.73. The molecule has 1 heterocycles. The Morgan fingerprint density at radius 2 is 1.08 bits per heavy atom. The second-order valence-corrected chi connectivity index (χ2v) is 5.75. The molecule has 0 aliphatic rings. The zero-order valence-corrected chi connectivity index (χ0v) is 15.5. The molecule has 0 amide bonds. The largest absolute Gasteiger partial charge is 0.394 e. The van der Waals surface area contributed by atoms with E-state index in [2.05, 4.69) is 11.4 Å². The lowest BCUT2D eigenvalue weighted by Crippen LogP contribution is -2.14. The van der Waals surface area contributed by atoms with E-state index in [1.165, 1.54) is 5.56 Å². The zero-order valence-electron chi connectivity index (χ0n) is 14.7. The zero-order chi connectivity index (χ0) is 17.8. The number of thiophene rings is 1. The monoisotopic (exact) mass is 378 g/mol. The van der Waals surface area contributed by atoms with E-state index in [1.807, 2.05) is 5.38 Å². The van der Waals surface area contributed by atoms with Crippen LogP contribution in [0.15, 0.2) is 16.8 Å². The van der Waals surface area contributed by atoms with Gasteiger partial charge in [-0.3, -0.25) is 0 Å². The SMILES string of the molecule is OCCOCCOCCOCCOCCOCCOCc1ccsc1. The van der Waals surface area contributed by atoms with E-state index < -0.39 is 0 Å². The minimum absolute atomic E-state index is 0.0392. The molecule has 8 heteroatoms. The second kappa shape index (κ2) is 18.2. The van der Waals surface area contributed by atoms with Crippen molar-refractivity contribution >= 4 is 11.3 Å². The van der Waals surface area contributed by atoms with Gasteiger partial charge in [-0.2, -0.15) is 11.3 Å². The van der Waals surface area contributed by atoms with Crippen molar-refractivity contribution in [2.24, 2.45) is 0 Å². The van der Waals surface area contributed by atoms with E-state index in [4.69, 9.17) is 33.5 Å². The highest BCUT2D eigenvalue weighted by Gasteiger charge is 1.95. The molecule has 146 valence electrons. The average molecular weight is 378 g/mol. The molecule has 0 radical (unpaired) electrons. The molecule has 25 heavy (non-hydrogen) atoms. The third-order valence-electron chi connectivity index (χ3n) is 2.94. The van der Waals surface area contributed by atoms with Gasteiger partial charge in [0.25, 0.3) is 0 Å². The summed E-state index contributed by atoms with van der Waals surface area (Å²) >= 11 is 1.67. The molecule has 0 aliphatic heterocycles. The summed E-state index contributed by atoms with van der Waals surface area (Å²) in [5, 5.41) is 12.6. The standard InChI is InChI=1S/C17H30O7S/c18-2-3-19-4-5-20-6-7-21-8-9-22-10-11-23-12-13-24-15-17-1-14-25-16-17/h1,14,16,18H,2-13,15H2. The molecule has 1 N–H and O–H groups in total. The van der Waals surface area contributed by atoms with Gasteiger partial charge in [-0.15, -0.1) is 0 Å². The first-order valence-corrected chi connectivity index (χ1v) is 9.46. The highest BCUT2D eigenvalue weighted by atomic mass is 32.1. The number of rotatable bonds is 19. The molecule has 0 aliphatic carbocycles. The van der Waals surface area contributed by atoms with Gasteiger partial charge in [0.15, 0.2) is 0 Å². The fourth-order valence-corrected chi connectivity index (χ4v) is 2.38. The Kier molecular flexibility index (Phi) is 16.4. The summed E-state index contributed by atoms with van der Waals surface area (Å²) < 4.78 is 32.0. The number of aliphatic hydroxyl groups excluding tert-OH is 1. The van der Waals surface area contributed by atoms with E-state index >= 15 is 0 Å². The van der Waals surface area contributed by atoms with Gasteiger partial charge in [0, 0.05) is 0 Å². The molecule has 0 fully saturated rings. The Bertz CT molecular complexity index is 362. The van der Waals surface area contributed by atoms with E-state index in [1.54, 1.807) is 11.3 Å². The van der Waals surface area contributed by atoms with Gasteiger partial charge in [0.2, 0.25) is 0 Å². The van der Waals surface area contributed by atoms with Crippen LogP contribution in [0.3, 0.4) is 0 Å². The van der Waals surface area contributed by atoms with Crippen LogP contribution >= 0.6 is 11.3 Å². The summed E-state index contributed by atoms with van der Waals surface area (Å²) in [5.74, 6) is 0. The number of ether oxygens (including phenoxy) is 6. The molecule has 7 nitrogen and oxygen atoms in total. The van der Waals surface area contributed by atoms with Crippen LogP contribution in [-0.4, -0.2) is 84.4 Å². The van der Waals surface area contributed by atoms with E-state index in [9.17, 15) is 0 Å². The van der Waals surface area contributed by atoms with Crippen LogP contribution in [0.2, 0.25) is 0 Å². The summed E-state index contributed by atoms with van der Waals surface area (Å²) in [6, 6.07) is 2.06. The maximum atomic E-state index is 8.51. The molecule has 0 saturated carbocycles. The lowest BCUT2D eigenvalue weighted by Gasteiger charge is -2.08. The molecular weight excluding hydrogens is 348 g/mol. The molecule has 0 unspecified atom stereocenters. The summed E-state index contributed by atoms with van der Waals surface area (Å²) in [5.41, 5.74) is 1.20. The first kappa shape index (κ1) is 22.5. The second-order valence-electron chi connectivity index (χ2n) is 4.97. The number of hydrogen-bond acceptors (Lipinski definition) is 8. The maximum Gasteiger partial charge on any atom is 0.0726 e. The summed E-state index contributed by atoms with van der Waals surface area (Å²) in [6.45, 7) is 6.42. The minimum Gasteiger partial charge on any atom is -0.394 e. The number of hydrogen-bond donors (Lipinski definition) is 1. The van der Waals surface area contributed by atoms with Crippen molar-refractivity contribution < 1.29 is 33.5 Å². The minimum atomic E-state index is 0.0392. The van der Waals surface area contributed by atoms with Crippen LogP contribution in [-0.2, 0) is 35.0 Å². The predicted molar refractivity (Wildman–Crippen MR) is 95.2 cm³/mol. The molecule has 0 saturated heterocycles. The van der Waals surface area contributed by atoms with Gasteiger partial charge < -0.3 is 33.5 Å². The van der Waals surface area contributed by atoms with Crippen LogP contribution in [0.25, 0.3) is 0 Å².